The zero-order valence-electron chi connectivity index (χ0n) is 9.28. The molecule has 86 valence electrons. The van der Waals surface area contributed by atoms with Crippen molar-refractivity contribution < 1.29 is 14.6 Å². The summed E-state index contributed by atoms with van der Waals surface area (Å²) in [5.74, 6) is 4.97. The van der Waals surface area contributed by atoms with Crippen LogP contribution in [0.2, 0.25) is 0 Å². The van der Waals surface area contributed by atoms with E-state index >= 15 is 0 Å². The smallest absolute Gasteiger partial charge is 0.340 e. The number of aromatic nitrogens is 1. The molecule has 0 saturated heterocycles. The Morgan fingerprint density at radius 1 is 1.53 bits per heavy atom. The third-order valence-electron chi connectivity index (χ3n) is 2.40. The Labute approximate surface area is 98.2 Å². The molecule has 0 fully saturated rings. The summed E-state index contributed by atoms with van der Waals surface area (Å²) in [5.41, 5.74) is 2.08. The van der Waals surface area contributed by atoms with Crippen molar-refractivity contribution in [2.75, 3.05) is 13.7 Å². The van der Waals surface area contributed by atoms with E-state index in [9.17, 15) is 4.79 Å². The van der Waals surface area contributed by atoms with Gasteiger partial charge in [-0.1, -0.05) is 11.8 Å². The molecule has 0 aliphatic rings. The number of methoxy groups -OCH3 is 1. The number of aliphatic hydroxyl groups excluding tert-OH is 1. The molecule has 0 aliphatic heterocycles. The molecule has 0 bridgehead atoms. The molecule has 0 spiro atoms. The number of ether oxygens (including phenoxy) is 1. The van der Waals surface area contributed by atoms with E-state index in [1.165, 1.54) is 7.11 Å². The standard InChI is InChI=1S/C13H11NO3/c1-17-13(16)11-8-14-12-5-4-9(3-2-6-15)7-10(11)12/h4-5,7-8,14-15H,6H2,1H3. The SMILES string of the molecule is COC(=O)c1c[nH]c2ccc(C#CCO)cc12. The van der Waals surface area contributed by atoms with Crippen LogP contribution in [0.5, 0.6) is 0 Å². The van der Waals surface area contributed by atoms with Gasteiger partial charge in [-0.3, -0.25) is 0 Å². The third kappa shape index (κ3) is 2.14. The fourth-order valence-corrected chi connectivity index (χ4v) is 1.62. The van der Waals surface area contributed by atoms with Gasteiger partial charge in [0.25, 0.3) is 0 Å². The number of nitrogens with one attached hydrogen (secondary N) is 1. The number of aromatic amines is 1. The van der Waals surface area contributed by atoms with Crippen LogP contribution in [-0.2, 0) is 4.74 Å². The van der Waals surface area contributed by atoms with E-state index in [-0.39, 0.29) is 12.6 Å². The van der Waals surface area contributed by atoms with E-state index in [0.29, 0.717) is 5.56 Å². The van der Waals surface area contributed by atoms with E-state index in [0.717, 1.165) is 16.5 Å². The lowest BCUT2D eigenvalue weighted by atomic mass is 10.1. The van der Waals surface area contributed by atoms with Gasteiger partial charge in [0.05, 0.1) is 12.7 Å². The van der Waals surface area contributed by atoms with E-state index in [1.54, 1.807) is 12.3 Å². The maximum absolute atomic E-state index is 11.5. The van der Waals surface area contributed by atoms with Gasteiger partial charge in [-0.2, -0.15) is 0 Å². The van der Waals surface area contributed by atoms with E-state index < -0.39 is 0 Å². The van der Waals surface area contributed by atoms with Gasteiger partial charge in [0, 0.05) is 22.7 Å². The van der Waals surface area contributed by atoms with Gasteiger partial charge in [-0.25, -0.2) is 4.79 Å². The average molecular weight is 229 g/mol. The highest BCUT2D eigenvalue weighted by Gasteiger charge is 2.11. The molecule has 4 nitrogen and oxygen atoms in total. The van der Waals surface area contributed by atoms with E-state index in [4.69, 9.17) is 5.11 Å². The second kappa shape index (κ2) is 4.73. The number of fused-ring (bicyclic) bond motifs is 1. The summed E-state index contributed by atoms with van der Waals surface area (Å²) in [7, 11) is 1.34. The molecular formula is C13H11NO3. The molecule has 1 aromatic heterocycles. The summed E-state index contributed by atoms with van der Waals surface area (Å²) in [6.07, 6.45) is 1.61. The molecule has 1 heterocycles. The minimum Gasteiger partial charge on any atom is -0.465 e. The predicted octanol–water partition coefficient (Wildman–Crippen LogP) is 1.30. The third-order valence-corrected chi connectivity index (χ3v) is 2.40. The number of hydrogen-bond donors (Lipinski definition) is 2. The number of benzene rings is 1. The van der Waals surface area contributed by atoms with Crippen LogP contribution in [0.15, 0.2) is 24.4 Å². The van der Waals surface area contributed by atoms with Gasteiger partial charge in [0.15, 0.2) is 0 Å². The van der Waals surface area contributed by atoms with Crippen molar-refractivity contribution in [3.05, 3.63) is 35.5 Å². The number of carbonyl (C=O) groups excluding carboxylic acids is 1. The highest BCUT2D eigenvalue weighted by atomic mass is 16.5. The van der Waals surface area contributed by atoms with E-state index in [1.807, 2.05) is 12.1 Å². The Kier molecular flexibility index (Phi) is 3.12. The zero-order valence-corrected chi connectivity index (χ0v) is 9.28. The van der Waals surface area contributed by atoms with E-state index in [2.05, 4.69) is 21.6 Å². The van der Waals surface area contributed by atoms with Gasteiger partial charge >= 0.3 is 5.97 Å². The highest BCUT2D eigenvalue weighted by molar-refractivity contribution is 6.04. The van der Waals surface area contributed by atoms with Crippen molar-refractivity contribution in [3.63, 3.8) is 0 Å². The van der Waals surface area contributed by atoms with Crippen molar-refractivity contribution in [1.29, 1.82) is 0 Å². The monoisotopic (exact) mass is 229 g/mol. The Bertz CT molecular complexity index is 616. The van der Waals surface area contributed by atoms with Crippen molar-refractivity contribution in [2.45, 2.75) is 0 Å². The second-order valence-corrected chi connectivity index (χ2v) is 3.41. The summed E-state index contributed by atoms with van der Waals surface area (Å²) in [4.78, 5) is 14.5. The number of carbonyl (C=O) groups is 1. The largest absolute Gasteiger partial charge is 0.465 e. The van der Waals surface area contributed by atoms with Crippen LogP contribution in [-0.4, -0.2) is 29.8 Å². The molecule has 2 rings (SSSR count). The Hall–Kier alpha value is -2.25. The van der Waals surface area contributed by atoms with Crippen LogP contribution in [0.1, 0.15) is 15.9 Å². The van der Waals surface area contributed by atoms with Gasteiger partial charge in [-0.05, 0) is 18.2 Å². The molecule has 0 amide bonds. The quantitative estimate of drug-likeness (QED) is 0.572. The Balaban J connectivity index is 2.54. The number of esters is 1. The van der Waals surface area contributed by atoms with Gasteiger partial charge in [-0.15, -0.1) is 0 Å². The average Bonchev–Trinajstić information content (AvgIpc) is 2.78. The first-order valence-electron chi connectivity index (χ1n) is 5.05. The van der Waals surface area contributed by atoms with Crippen LogP contribution >= 0.6 is 0 Å². The molecule has 0 aliphatic carbocycles. The molecule has 4 heteroatoms. The summed E-state index contributed by atoms with van der Waals surface area (Å²) < 4.78 is 4.69. The second-order valence-electron chi connectivity index (χ2n) is 3.41. The molecule has 0 atom stereocenters. The normalized spacial score (nSPS) is 9.76. The van der Waals surface area contributed by atoms with Crippen molar-refractivity contribution in [3.8, 4) is 11.8 Å². The Morgan fingerprint density at radius 2 is 2.35 bits per heavy atom. The van der Waals surface area contributed by atoms with Crippen molar-refractivity contribution in [1.82, 2.24) is 4.98 Å². The first-order chi connectivity index (χ1) is 8.26. The van der Waals surface area contributed by atoms with Gasteiger partial charge in [0.2, 0.25) is 0 Å². The molecule has 0 radical (unpaired) electrons. The molecule has 2 N–H and O–H groups in total. The summed E-state index contributed by atoms with van der Waals surface area (Å²) in [6.45, 7) is -0.185. The fourth-order valence-electron chi connectivity index (χ4n) is 1.62. The molecule has 2 aromatic rings. The predicted molar refractivity (Wildman–Crippen MR) is 63.6 cm³/mol. The minimum absolute atomic E-state index is 0.185. The summed E-state index contributed by atoms with van der Waals surface area (Å²) in [6, 6.07) is 5.45. The lowest BCUT2D eigenvalue weighted by Gasteiger charge is -1.97. The van der Waals surface area contributed by atoms with Crippen LogP contribution < -0.4 is 0 Å². The maximum atomic E-state index is 11.5. The molecule has 17 heavy (non-hydrogen) atoms. The number of rotatable bonds is 1. The van der Waals surface area contributed by atoms with Crippen LogP contribution in [0.4, 0.5) is 0 Å². The topological polar surface area (TPSA) is 62.3 Å². The number of H-pyrrole nitrogens is 1. The fraction of sp³-hybridized carbons (Fsp3) is 0.154. The number of hydrogen-bond acceptors (Lipinski definition) is 3. The van der Waals surface area contributed by atoms with Crippen LogP contribution in [0, 0.1) is 11.8 Å². The zero-order chi connectivity index (χ0) is 12.3. The summed E-state index contributed by atoms with van der Waals surface area (Å²) in [5, 5.41) is 9.39. The first-order valence-corrected chi connectivity index (χ1v) is 5.05. The maximum Gasteiger partial charge on any atom is 0.340 e. The molecule has 0 unspecified atom stereocenters. The molecular weight excluding hydrogens is 218 g/mol. The van der Waals surface area contributed by atoms with Crippen molar-refractivity contribution >= 4 is 16.9 Å². The Morgan fingerprint density at radius 3 is 3.06 bits per heavy atom. The van der Waals surface area contributed by atoms with Crippen LogP contribution in [0.3, 0.4) is 0 Å². The van der Waals surface area contributed by atoms with Crippen LogP contribution in [0.25, 0.3) is 10.9 Å². The lowest BCUT2D eigenvalue weighted by Crippen LogP contribution is -1.99. The minimum atomic E-state index is -0.386. The van der Waals surface area contributed by atoms with Gasteiger partial charge in [0.1, 0.15) is 6.61 Å². The van der Waals surface area contributed by atoms with Gasteiger partial charge < -0.3 is 14.8 Å². The highest BCUT2D eigenvalue weighted by Crippen LogP contribution is 2.20. The molecule has 1 aromatic carbocycles. The van der Waals surface area contributed by atoms with Crippen molar-refractivity contribution in [2.24, 2.45) is 0 Å². The first kappa shape index (κ1) is 11.2. The molecule has 0 saturated carbocycles. The summed E-state index contributed by atoms with van der Waals surface area (Å²) >= 11 is 0. The number of aliphatic hydroxyl groups is 1. The lowest BCUT2D eigenvalue weighted by molar-refractivity contribution is 0.0603.